The number of hydrogen-bond donors (Lipinski definition) is 3. The summed E-state index contributed by atoms with van der Waals surface area (Å²) in [5.74, 6) is -0.968. The van der Waals surface area contributed by atoms with Gasteiger partial charge in [-0.05, 0) is 30.7 Å². The summed E-state index contributed by atoms with van der Waals surface area (Å²) in [5.41, 5.74) is 1.76. The molecule has 2 aromatic rings. The maximum atomic E-state index is 11.3. The molecule has 0 unspecified atom stereocenters. The molecule has 0 saturated heterocycles. The van der Waals surface area contributed by atoms with E-state index in [1.807, 2.05) is 6.92 Å². The summed E-state index contributed by atoms with van der Waals surface area (Å²) in [6, 6.07) is 6.16. The largest absolute Gasteiger partial charge is 0.478 e. The van der Waals surface area contributed by atoms with Gasteiger partial charge in [0.15, 0.2) is 0 Å². The molecule has 0 radical (unpaired) electrons. The molecule has 1 aromatic carbocycles. The first-order chi connectivity index (χ1) is 9.77. The quantitative estimate of drug-likeness (QED) is 0.778. The maximum Gasteiger partial charge on any atom is 0.336 e. The van der Waals surface area contributed by atoms with E-state index in [0.717, 1.165) is 10.4 Å². The molecule has 4 N–H and O–H groups in total. The molecule has 0 aliphatic carbocycles. The van der Waals surface area contributed by atoms with Crippen molar-refractivity contribution >= 4 is 33.0 Å². The lowest BCUT2D eigenvalue weighted by Gasteiger charge is -2.10. The van der Waals surface area contributed by atoms with Crippen LogP contribution in [0.5, 0.6) is 0 Å². The lowest BCUT2D eigenvalue weighted by atomic mass is 10.2. The number of carboxylic acids is 1. The average molecular weight is 326 g/mol. The number of rotatable bonds is 5. The molecule has 0 spiro atoms. The number of sulfonamides is 1. The van der Waals surface area contributed by atoms with E-state index in [1.165, 1.54) is 23.5 Å². The fourth-order valence-electron chi connectivity index (χ4n) is 1.74. The van der Waals surface area contributed by atoms with E-state index in [4.69, 9.17) is 10.2 Å². The molecule has 0 aliphatic heterocycles. The first kappa shape index (κ1) is 15.5. The maximum absolute atomic E-state index is 11.3. The highest BCUT2D eigenvalue weighted by molar-refractivity contribution is 7.89. The number of aromatic carboxylic acids is 1. The molecule has 0 bridgehead atoms. The van der Waals surface area contributed by atoms with Crippen LogP contribution in [0.4, 0.5) is 5.69 Å². The van der Waals surface area contributed by atoms with E-state index in [1.54, 1.807) is 17.5 Å². The van der Waals surface area contributed by atoms with Crippen LogP contribution in [-0.4, -0.2) is 19.5 Å². The SMILES string of the molecule is Cc1ccc(S(N)(=O)=O)cc1NCc1cc(C(=O)O)cs1. The van der Waals surface area contributed by atoms with Crippen LogP contribution in [0.1, 0.15) is 20.8 Å². The van der Waals surface area contributed by atoms with Crippen molar-refractivity contribution in [3.8, 4) is 0 Å². The monoisotopic (exact) mass is 326 g/mol. The number of primary sulfonamides is 1. The van der Waals surface area contributed by atoms with Crippen molar-refractivity contribution in [2.24, 2.45) is 5.14 Å². The van der Waals surface area contributed by atoms with E-state index in [0.29, 0.717) is 12.2 Å². The molecule has 0 aliphatic rings. The van der Waals surface area contributed by atoms with Crippen molar-refractivity contribution in [1.82, 2.24) is 0 Å². The minimum Gasteiger partial charge on any atom is -0.478 e. The van der Waals surface area contributed by atoms with E-state index in [9.17, 15) is 13.2 Å². The molecule has 0 fully saturated rings. The summed E-state index contributed by atoms with van der Waals surface area (Å²) in [7, 11) is -3.75. The van der Waals surface area contributed by atoms with Crippen LogP contribution in [0.3, 0.4) is 0 Å². The highest BCUT2D eigenvalue weighted by Gasteiger charge is 2.11. The van der Waals surface area contributed by atoms with Crippen LogP contribution in [0, 0.1) is 6.92 Å². The summed E-state index contributed by atoms with van der Waals surface area (Å²) >= 11 is 1.33. The number of hydrogen-bond acceptors (Lipinski definition) is 5. The lowest BCUT2D eigenvalue weighted by Crippen LogP contribution is -2.12. The van der Waals surface area contributed by atoms with Gasteiger partial charge in [0, 0.05) is 22.5 Å². The number of aryl methyl sites for hydroxylation is 1. The van der Waals surface area contributed by atoms with Crippen molar-refractivity contribution in [3.63, 3.8) is 0 Å². The molecular formula is C13H14N2O4S2. The van der Waals surface area contributed by atoms with Gasteiger partial charge in [-0.15, -0.1) is 11.3 Å². The van der Waals surface area contributed by atoms with Gasteiger partial charge >= 0.3 is 5.97 Å². The van der Waals surface area contributed by atoms with Gasteiger partial charge in [-0.25, -0.2) is 18.4 Å². The number of nitrogens with one attached hydrogen (secondary N) is 1. The van der Waals surface area contributed by atoms with Crippen molar-refractivity contribution in [1.29, 1.82) is 0 Å². The molecule has 8 heteroatoms. The van der Waals surface area contributed by atoms with E-state index < -0.39 is 16.0 Å². The zero-order valence-corrected chi connectivity index (χ0v) is 12.8. The Balaban J connectivity index is 2.17. The Kier molecular flexibility index (Phi) is 4.31. The molecule has 2 rings (SSSR count). The molecule has 0 atom stereocenters. The predicted molar refractivity (Wildman–Crippen MR) is 81.2 cm³/mol. The number of benzene rings is 1. The number of thiophene rings is 1. The molecule has 1 heterocycles. The first-order valence-corrected chi connectivity index (χ1v) is 8.38. The number of carbonyl (C=O) groups is 1. The Morgan fingerprint density at radius 1 is 1.38 bits per heavy atom. The summed E-state index contributed by atoms with van der Waals surface area (Å²) in [6.07, 6.45) is 0. The molecule has 1 aromatic heterocycles. The number of anilines is 1. The third-order valence-electron chi connectivity index (χ3n) is 2.89. The topological polar surface area (TPSA) is 109 Å². The predicted octanol–water partition coefficient (Wildman–Crippen LogP) is 2.01. The van der Waals surface area contributed by atoms with Crippen molar-refractivity contribution in [2.45, 2.75) is 18.4 Å². The molecule has 0 saturated carbocycles. The average Bonchev–Trinajstić information content (AvgIpc) is 2.85. The highest BCUT2D eigenvalue weighted by atomic mass is 32.2. The van der Waals surface area contributed by atoms with Crippen LogP contribution < -0.4 is 10.5 Å². The Morgan fingerprint density at radius 2 is 2.10 bits per heavy atom. The molecule has 112 valence electrons. The van der Waals surface area contributed by atoms with Crippen LogP contribution in [0.2, 0.25) is 0 Å². The fraction of sp³-hybridized carbons (Fsp3) is 0.154. The van der Waals surface area contributed by atoms with E-state index in [-0.39, 0.29) is 10.5 Å². The lowest BCUT2D eigenvalue weighted by molar-refractivity contribution is 0.0697. The van der Waals surface area contributed by atoms with Gasteiger partial charge in [-0.1, -0.05) is 6.07 Å². The van der Waals surface area contributed by atoms with Gasteiger partial charge < -0.3 is 10.4 Å². The van der Waals surface area contributed by atoms with Gasteiger partial charge in [0.05, 0.1) is 10.5 Å². The van der Waals surface area contributed by atoms with E-state index in [2.05, 4.69) is 5.32 Å². The third-order valence-corrected chi connectivity index (χ3v) is 4.74. The zero-order chi connectivity index (χ0) is 15.6. The Morgan fingerprint density at radius 3 is 2.67 bits per heavy atom. The van der Waals surface area contributed by atoms with Crippen molar-refractivity contribution in [2.75, 3.05) is 5.32 Å². The standard InChI is InChI=1S/C13H14N2O4S2/c1-8-2-3-11(21(14,18)19)5-12(8)15-6-10-4-9(7-20-10)13(16)17/h2-5,7,15H,6H2,1H3,(H,16,17)(H2,14,18,19). The van der Waals surface area contributed by atoms with Gasteiger partial charge in [0.1, 0.15) is 0 Å². The second kappa shape index (κ2) is 5.84. The molecule has 6 nitrogen and oxygen atoms in total. The minimum atomic E-state index is -3.75. The van der Waals surface area contributed by atoms with Crippen LogP contribution >= 0.6 is 11.3 Å². The highest BCUT2D eigenvalue weighted by Crippen LogP contribution is 2.22. The van der Waals surface area contributed by atoms with Crippen molar-refractivity contribution in [3.05, 3.63) is 45.6 Å². The summed E-state index contributed by atoms with van der Waals surface area (Å²) in [4.78, 5) is 11.7. The summed E-state index contributed by atoms with van der Waals surface area (Å²) in [5, 5.41) is 18.6. The zero-order valence-electron chi connectivity index (χ0n) is 11.2. The Labute approximate surface area is 126 Å². The fourth-order valence-corrected chi connectivity index (χ4v) is 3.07. The van der Waals surface area contributed by atoms with Crippen LogP contribution in [0.15, 0.2) is 34.5 Å². The molecule has 0 amide bonds. The Bertz CT molecular complexity index is 781. The molecular weight excluding hydrogens is 312 g/mol. The van der Waals surface area contributed by atoms with Crippen molar-refractivity contribution < 1.29 is 18.3 Å². The van der Waals surface area contributed by atoms with Gasteiger partial charge in [0.2, 0.25) is 10.0 Å². The first-order valence-electron chi connectivity index (χ1n) is 5.95. The number of carboxylic acid groups (broad SMARTS) is 1. The smallest absolute Gasteiger partial charge is 0.336 e. The van der Waals surface area contributed by atoms with Gasteiger partial charge in [-0.2, -0.15) is 0 Å². The second-order valence-electron chi connectivity index (χ2n) is 4.48. The minimum absolute atomic E-state index is 0.0352. The number of nitrogens with two attached hydrogens (primary N) is 1. The summed E-state index contributed by atoms with van der Waals surface area (Å²) < 4.78 is 22.7. The second-order valence-corrected chi connectivity index (χ2v) is 7.04. The Hall–Kier alpha value is -1.90. The van der Waals surface area contributed by atoms with Gasteiger partial charge in [0.25, 0.3) is 0 Å². The summed E-state index contributed by atoms with van der Waals surface area (Å²) in [6.45, 7) is 2.25. The van der Waals surface area contributed by atoms with E-state index >= 15 is 0 Å². The molecule has 21 heavy (non-hydrogen) atoms. The van der Waals surface area contributed by atoms with Crippen LogP contribution in [-0.2, 0) is 16.6 Å². The normalized spacial score (nSPS) is 11.3. The van der Waals surface area contributed by atoms with Crippen LogP contribution in [0.25, 0.3) is 0 Å². The third kappa shape index (κ3) is 3.81. The van der Waals surface area contributed by atoms with Gasteiger partial charge in [-0.3, -0.25) is 0 Å².